The van der Waals surface area contributed by atoms with Crippen molar-refractivity contribution in [3.63, 3.8) is 0 Å². The lowest BCUT2D eigenvalue weighted by atomic mass is 10.3. The van der Waals surface area contributed by atoms with Crippen LogP contribution < -0.4 is 14.8 Å². The van der Waals surface area contributed by atoms with Gasteiger partial charge in [-0.15, -0.1) is 0 Å². The number of carbonyl (C=O) groups excluding carboxylic acids is 1. The Kier molecular flexibility index (Phi) is 6.68. The number of benzene rings is 2. The third-order valence-electron chi connectivity index (χ3n) is 4.36. The van der Waals surface area contributed by atoms with Gasteiger partial charge in [-0.05, 0) is 42.5 Å². The first-order valence-corrected chi connectivity index (χ1v) is 10.4. The standard InChI is InChI=1S/C23H20BrN3O4/c24-17-4-3-5-18(14-17)30-15-19-8-9-22(31-19)23(28)26-20-6-1-2-7-21(20)29-13-12-27-11-10-25-16-27/h1-11,14,16H,12-13,15H2,(H,26,28). The highest BCUT2D eigenvalue weighted by molar-refractivity contribution is 9.10. The Morgan fingerprint density at radius 3 is 2.84 bits per heavy atom. The molecule has 31 heavy (non-hydrogen) atoms. The van der Waals surface area contributed by atoms with Gasteiger partial charge >= 0.3 is 0 Å². The number of anilines is 1. The second-order valence-corrected chi connectivity index (χ2v) is 7.53. The molecule has 0 fully saturated rings. The van der Waals surface area contributed by atoms with Gasteiger partial charge in [0.15, 0.2) is 5.76 Å². The van der Waals surface area contributed by atoms with E-state index in [2.05, 4.69) is 26.2 Å². The minimum Gasteiger partial charge on any atom is -0.490 e. The van der Waals surface area contributed by atoms with Crippen LogP contribution >= 0.6 is 15.9 Å². The normalized spacial score (nSPS) is 10.6. The summed E-state index contributed by atoms with van der Waals surface area (Å²) in [5.41, 5.74) is 0.571. The van der Waals surface area contributed by atoms with Crippen LogP contribution in [0.25, 0.3) is 0 Å². The summed E-state index contributed by atoms with van der Waals surface area (Å²) in [6.45, 7) is 1.32. The first-order chi connectivity index (χ1) is 15.2. The Balaban J connectivity index is 1.34. The van der Waals surface area contributed by atoms with Crippen LogP contribution in [-0.2, 0) is 13.2 Å². The number of rotatable bonds is 9. The summed E-state index contributed by atoms with van der Waals surface area (Å²) in [4.78, 5) is 16.6. The van der Waals surface area contributed by atoms with E-state index in [4.69, 9.17) is 13.9 Å². The van der Waals surface area contributed by atoms with Gasteiger partial charge in [0.05, 0.1) is 18.6 Å². The van der Waals surface area contributed by atoms with Crippen LogP contribution in [0.15, 0.2) is 88.3 Å². The van der Waals surface area contributed by atoms with Crippen molar-refractivity contribution in [1.82, 2.24) is 9.55 Å². The zero-order valence-corrected chi connectivity index (χ0v) is 18.1. The summed E-state index contributed by atoms with van der Waals surface area (Å²) in [6.07, 6.45) is 5.31. The van der Waals surface area contributed by atoms with Gasteiger partial charge < -0.3 is 23.8 Å². The van der Waals surface area contributed by atoms with Gasteiger partial charge in [-0.2, -0.15) is 0 Å². The third kappa shape index (κ3) is 5.76. The van der Waals surface area contributed by atoms with Crippen molar-refractivity contribution in [3.8, 4) is 11.5 Å². The first kappa shape index (κ1) is 20.7. The fourth-order valence-electron chi connectivity index (χ4n) is 2.85. The molecule has 0 unspecified atom stereocenters. The van der Waals surface area contributed by atoms with Crippen LogP contribution in [0.1, 0.15) is 16.3 Å². The minimum atomic E-state index is -0.362. The molecule has 0 saturated carbocycles. The predicted molar refractivity (Wildman–Crippen MR) is 119 cm³/mol. The highest BCUT2D eigenvalue weighted by Crippen LogP contribution is 2.25. The van der Waals surface area contributed by atoms with Crippen molar-refractivity contribution in [2.45, 2.75) is 13.2 Å². The predicted octanol–water partition coefficient (Wildman–Crippen LogP) is 5.15. The molecular formula is C23H20BrN3O4. The molecule has 0 aliphatic heterocycles. The van der Waals surface area contributed by atoms with Crippen LogP contribution in [-0.4, -0.2) is 22.1 Å². The monoisotopic (exact) mass is 481 g/mol. The zero-order valence-electron chi connectivity index (χ0n) is 16.5. The number of nitrogens with one attached hydrogen (secondary N) is 1. The van der Waals surface area contributed by atoms with E-state index in [1.165, 1.54) is 0 Å². The maximum absolute atomic E-state index is 12.6. The second kappa shape index (κ2) is 9.99. The molecule has 2 heterocycles. The molecule has 0 aliphatic carbocycles. The highest BCUT2D eigenvalue weighted by atomic mass is 79.9. The summed E-state index contributed by atoms with van der Waals surface area (Å²) >= 11 is 3.40. The van der Waals surface area contributed by atoms with Gasteiger partial charge in [0.2, 0.25) is 0 Å². The average Bonchev–Trinajstić information content (AvgIpc) is 3.46. The number of imidazole rings is 1. The zero-order chi connectivity index (χ0) is 21.5. The molecule has 158 valence electrons. The number of hydrogen-bond donors (Lipinski definition) is 1. The molecule has 0 spiro atoms. The minimum absolute atomic E-state index is 0.195. The third-order valence-corrected chi connectivity index (χ3v) is 4.86. The maximum Gasteiger partial charge on any atom is 0.291 e. The molecular weight excluding hydrogens is 462 g/mol. The molecule has 0 aliphatic rings. The first-order valence-electron chi connectivity index (χ1n) is 9.63. The van der Waals surface area contributed by atoms with Crippen molar-refractivity contribution in [3.05, 3.63) is 95.4 Å². The van der Waals surface area contributed by atoms with Crippen molar-refractivity contribution in [1.29, 1.82) is 0 Å². The topological polar surface area (TPSA) is 78.5 Å². The van der Waals surface area contributed by atoms with Gasteiger partial charge in [0, 0.05) is 16.9 Å². The Morgan fingerprint density at radius 2 is 2.00 bits per heavy atom. The number of para-hydroxylation sites is 2. The fourth-order valence-corrected chi connectivity index (χ4v) is 3.23. The van der Waals surface area contributed by atoms with Crippen LogP contribution in [0.2, 0.25) is 0 Å². The number of carbonyl (C=O) groups is 1. The Bertz CT molecular complexity index is 1140. The second-order valence-electron chi connectivity index (χ2n) is 6.61. The molecule has 0 bridgehead atoms. The lowest BCUT2D eigenvalue weighted by molar-refractivity contribution is 0.0992. The van der Waals surface area contributed by atoms with E-state index < -0.39 is 0 Å². The van der Waals surface area contributed by atoms with Crippen molar-refractivity contribution >= 4 is 27.5 Å². The maximum atomic E-state index is 12.6. The van der Waals surface area contributed by atoms with Crippen LogP contribution in [0.4, 0.5) is 5.69 Å². The molecule has 0 atom stereocenters. The molecule has 4 rings (SSSR count). The number of nitrogens with zero attached hydrogens (tertiary/aromatic N) is 2. The van der Waals surface area contributed by atoms with Crippen LogP contribution in [0, 0.1) is 0 Å². The fraction of sp³-hybridized carbons (Fsp3) is 0.130. The Morgan fingerprint density at radius 1 is 1.10 bits per heavy atom. The summed E-state index contributed by atoms with van der Waals surface area (Å²) in [6, 6.07) is 18.1. The number of amides is 1. The highest BCUT2D eigenvalue weighted by Gasteiger charge is 2.14. The van der Waals surface area contributed by atoms with E-state index in [0.29, 0.717) is 36.1 Å². The Labute approximate surface area is 187 Å². The van der Waals surface area contributed by atoms with E-state index in [9.17, 15) is 4.79 Å². The summed E-state index contributed by atoms with van der Waals surface area (Å²) in [5.74, 6) is 1.68. The van der Waals surface area contributed by atoms with Crippen LogP contribution in [0.5, 0.6) is 11.5 Å². The van der Waals surface area contributed by atoms with Crippen molar-refractivity contribution in [2.75, 3.05) is 11.9 Å². The van der Waals surface area contributed by atoms with E-state index in [1.807, 2.05) is 53.2 Å². The molecule has 4 aromatic rings. The summed E-state index contributed by atoms with van der Waals surface area (Å²) in [5, 5.41) is 2.84. The SMILES string of the molecule is O=C(Nc1ccccc1OCCn1ccnc1)c1ccc(COc2cccc(Br)c2)o1. The smallest absolute Gasteiger partial charge is 0.291 e. The number of halogens is 1. The number of aromatic nitrogens is 2. The van der Waals surface area contributed by atoms with Gasteiger partial charge in [0.1, 0.15) is 30.5 Å². The van der Waals surface area contributed by atoms with Gasteiger partial charge in [-0.3, -0.25) is 4.79 Å². The molecule has 0 radical (unpaired) electrons. The van der Waals surface area contributed by atoms with Gasteiger partial charge in [-0.25, -0.2) is 4.98 Å². The van der Waals surface area contributed by atoms with Gasteiger partial charge in [0.25, 0.3) is 5.91 Å². The average molecular weight is 482 g/mol. The lowest BCUT2D eigenvalue weighted by Crippen LogP contribution is -2.13. The molecule has 1 N–H and O–H groups in total. The molecule has 0 saturated heterocycles. The van der Waals surface area contributed by atoms with Crippen molar-refractivity contribution < 1.29 is 18.7 Å². The number of ether oxygens (including phenoxy) is 2. The van der Waals surface area contributed by atoms with Crippen molar-refractivity contribution in [2.24, 2.45) is 0 Å². The molecule has 2 aromatic heterocycles. The molecule has 1 amide bonds. The molecule has 2 aromatic carbocycles. The largest absolute Gasteiger partial charge is 0.490 e. The van der Waals surface area contributed by atoms with E-state index in [0.717, 1.165) is 4.47 Å². The quantitative estimate of drug-likeness (QED) is 0.357. The lowest BCUT2D eigenvalue weighted by Gasteiger charge is -2.12. The van der Waals surface area contributed by atoms with E-state index in [1.54, 1.807) is 30.7 Å². The number of furan rings is 1. The Hall–Kier alpha value is -3.52. The van der Waals surface area contributed by atoms with Crippen LogP contribution in [0.3, 0.4) is 0 Å². The van der Waals surface area contributed by atoms with E-state index >= 15 is 0 Å². The summed E-state index contributed by atoms with van der Waals surface area (Å²) in [7, 11) is 0. The molecule has 8 heteroatoms. The van der Waals surface area contributed by atoms with Gasteiger partial charge in [-0.1, -0.05) is 34.1 Å². The number of hydrogen-bond acceptors (Lipinski definition) is 5. The van der Waals surface area contributed by atoms with E-state index in [-0.39, 0.29) is 18.3 Å². The summed E-state index contributed by atoms with van der Waals surface area (Å²) < 4.78 is 20.0. The molecule has 7 nitrogen and oxygen atoms in total.